The van der Waals surface area contributed by atoms with E-state index in [-0.39, 0.29) is 22.6 Å². The van der Waals surface area contributed by atoms with Gasteiger partial charge in [0.1, 0.15) is 28.6 Å². The van der Waals surface area contributed by atoms with Crippen LogP contribution in [0, 0.1) is 0 Å². The molecule has 0 aliphatic carbocycles. The summed E-state index contributed by atoms with van der Waals surface area (Å²) in [6.07, 6.45) is -4.87. The van der Waals surface area contributed by atoms with Gasteiger partial charge in [0, 0.05) is 0 Å². The van der Waals surface area contributed by atoms with Crippen molar-refractivity contribution in [2.24, 2.45) is 0 Å². The lowest BCUT2D eigenvalue weighted by molar-refractivity contribution is -0.139. The van der Waals surface area contributed by atoms with Gasteiger partial charge in [-0.05, 0) is 48.5 Å². The molecular weight excluding hydrogens is 405 g/mol. The Labute approximate surface area is 167 Å². The standard InChI is InChI=1S/C21H13F3O6/c22-21(23,24)18-16(29-14-6-1-4-12(10-14)19(25)26)8-3-9-17(18)30-15-7-2-5-13(11-15)20(27)28/h1-11H,(H,25,26)(H,27,28). The first-order valence-electron chi connectivity index (χ1n) is 8.38. The third-order valence-electron chi connectivity index (χ3n) is 3.89. The number of carboxylic acid groups (broad SMARTS) is 2. The Bertz CT molecular complexity index is 1030. The molecule has 0 unspecified atom stereocenters. The first-order valence-corrected chi connectivity index (χ1v) is 8.38. The van der Waals surface area contributed by atoms with Crippen molar-refractivity contribution in [2.45, 2.75) is 6.18 Å². The van der Waals surface area contributed by atoms with Crippen LogP contribution in [0.2, 0.25) is 0 Å². The van der Waals surface area contributed by atoms with Crippen molar-refractivity contribution in [3.63, 3.8) is 0 Å². The Kier molecular flexibility index (Phi) is 5.63. The topological polar surface area (TPSA) is 93.1 Å². The van der Waals surface area contributed by atoms with E-state index in [0.717, 1.165) is 24.3 Å². The summed E-state index contributed by atoms with van der Waals surface area (Å²) in [4.78, 5) is 22.1. The van der Waals surface area contributed by atoms with E-state index in [1.807, 2.05) is 0 Å². The summed E-state index contributed by atoms with van der Waals surface area (Å²) in [6, 6.07) is 13.4. The molecule has 0 bridgehead atoms. The summed E-state index contributed by atoms with van der Waals surface area (Å²) in [5.74, 6) is -3.93. The maximum absolute atomic E-state index is 13.8. The van der Waals surface area contributed by atoms with Crippen LogP contribution in [0.1, 0.15) is 26.3 Å². The predicted octanol–water partition coefficient (Wildman–Crippen LogP) is 5.69. The first-order chi connectivity index (χ1) is 14.1. The Morgan fingerprint density at radius 2 is 1.10 bits per heavy atom. The second kappa shape index (κ2) is 8.16. The molecule has 3 aromatic rings. The highest BCUT2D eigenvalue weighted by atomic mass is 19.4. The Hall–Kier alpha value is -4.01. The molecule has 6 nitrogen and oxygen atoms in total. The first kappa shape index (κ1) is 20.7. The molecule has 0 fully saturated rings. The van der Waals surface area contributed by atoms with Crippen LogP contribution in [0.5, 0.6) is 23.0 Å². The van der Waals surface area contributed by atoms with Crippen LogP contribution in [-0.2, 0) is 6.18 Å². The van der Waals surface area contributed by atoms with Crippen LogP contribution in [0.4, 0.5) is 13.2 Å². The molecule has 9 heteroatoms. The van der Waals surface area contributed by atoms with E-state index >= 15 is 0 Å². The van der Waals surface area contributed by atoms with Crippen molar-refractivity contribution in [3.8, 4) is 23.0 Å². The number of halogens is 3. The number of aromatic carboxylic acids is 2. The van der Waals surface area contributed by atoms with Crippen molar-refractivity contribution < 1.29 is 42.4 Å². The summed E-state index contributed by atoms with van der Waals surface area (Å²) in [5, 5.41) is 18.1. The molecule has 0 spiro atoms. The number of hydrogen-bond donors (Lipinski definition) is 2. The van der Waals surface area contributed by atoms with Crippen LogP contribution < -0.4 is 9.47 Å². The van der Waals surface area contributed by atoms with Crippen LogP contribution in [0.25, 0.3) is 0 Å². The molecule has 0 saturated carbocycles. The van der Waals surface area contributed by atoms with Crippen LogP contribution in [-0.4, -0.2) is 22.2 Å². The second-order valence-corrected chi connectivity index (χ2v) is 6.00. The monoisotopic (exact) mass is 418 g/mol. The number of hydrogen-bond acceptors (Lipinski definition) is 4. The molecule has 0 aromatic heterocycles. The number of alkyl halides is 3. The molecule has 3 rings (SSSR count). The summed E-state index contributed by atoms with van der Waals surface area (Å²) in [7, 11) is 0. The zero-order chi connectivity index (χ0) is 21.9. The van der Waals surface area contributed by atoms with Gasteiger partial charge in [-0.15, -0.1) is 0 Å². The van der Waals surface area contributed by atoms with E-state index in [1.165, 1.54) is 42.5 Å². The van der Waals surface area contributed by atoms with Gasteiger partial charge in [-0.3, -0.25) is 0 Å². The minimum atomic E-state index is -4.87. The van der Waals surface area contributed by atoms with Gasteiger partial charge in [-0.1, -0.05) is 18.2 Å². The largest absolute Gasteiger partial charge is 0.478 e. The molecule has 0 aliphatic rings. The normalized spacial score (nSPS) is 11.0. The Balaban J connectivity index is 2.02. The minimum absolute atomic E-state index is 0.106. The van der Waals surface area contributed by atoms with E-state index in [2.05, 4.69) is 0 Å². The highest BCUT2D eigenvalue weighted by Gasteiger charge is 2.38. The fourth-order valence-electron chi connectivity index (χ4n) is 2.60. The Morgan fingerprint density at radius 1 is 0.700 bits per heavy atom. The fraction of sp³-hybridized carbons (Fsp3) is 0.0476. The molecule has 2 N–H and O–H groups in total. The van der Waals surface area contributed by atoms with E-state index in [4.69, 9.17) is 19.7 Å². The maximum Gasteiger partial charge on any atom is 0.423 e. The quantitative estimate of drug-likeness (QED) is 0.535. The van der Waals surface area contributed by atoms with Crippen molar-refractivity contribution in [1.82, 2.24) is 0 Å². The van der Waals surface area contributed by atoms with Crippen LogP contribution in [0.15, 0.2) is 66.7 Å². The highest BCUT2D eigenvalue weighted by molar-refractivity contribution is 5.88. The summed E-state index contributed by atoms with van der Waals surface area (Å²) >= 11 is 0. The SMILES string of the molecule is O=C(O)c1cccc(Oc2cccc(Oc3cccc(C(=O)O)c3)c2C(F)(F)F)c1. The lowest BCUT2D eigenvalue weighted by atomic mass is 10.1. The molecule has 30 heavy (non-hydrogen) atoms. The lowest BCUT2D eigenvalue weighted by Crippen LogP contribution is -2.09. The van der Waals surface area contributed by atoms with Gasteiger partial charge < -0.3 is 19.7 Å². The summed E-state index contributed by atoms with van der Waals surface area (Å²) < 4.78 is 52.0. The van der Waals surface area contributed by atoms with Crippen molar-refractivity contribution in [2.75, 3.05) is 0 Å². The number of carbonyl (C=O) groups is 2. The number of rotatable bonds is 6. The average Bonchev–Trinajstić information content (AvgIpc) is 2.67. The molecule has 154 valence electrons. The molecule has 0 aliphatic heterocycles. The van der Waals surface area contributed by atoms with Gasteiger partial charge in [-0.25, -0.2) is 9.59 Å². The average molecular weight is 418 g/mol. The van der Waals surface area contributed by atoms with E-state index in [0.29, 0.717) is 0 Å². The zero-order valence-electron chi connectivity index (χ0n) is 15.0. The summed E-state index contributed by atoms with van der Waals surface area (Å²) in [5.41, 5.74) is -1.54. The number of benzene rings is 3. The highest BCUT2D eigenvalue weighted by Crippen LogP contribution is 2.45. The van der Waals surface area contributed by atoms with Gasteiger partial charge in [0.2, 0.25) is 0 Å². The fourth-order valence-corrected chi connectivity index (χ4v) is 2.60. The maximum atomic E-state index is 13.8. The van der Waals surface area contributed by atoms with Crippen molar-refractivity contribution in [3.05, 3.63) is 83.4 Å². The molecule has 0 heterocycles. The molecular formula is C21H13F3O6. The number of ether oxygens (including phenoxy) is 2. The van der Waals surface area contributed by atoms with Crippen LogP contribution >= 0.6 is 0 Å². The van der Waals surface area contributed by atoms with Crippen molar-refractivity contribution in [1.29, 1.82) is 0 Å². The van der Waals surface area contributed by atoms with E-state index < -0.39 is 35.2 Å². The smallest absolute Gasteiger partial charge is 0.423 e. The second-order valence-electron chi connectivity index (χ2n) is 6.00. The van der Waals surface area contributed by atoms with Gasteiger partial charge >= 0.3 is 18.1 Å². The molecule has 0 atom stereocenters. The van der Waals surface area contributed by atoms with Gasteiger partial charge in [0.25, 0.3) is 0 Å². The predicted molar refractivity (Wildman–Crippen MR) is 98.4 cm³/mol. The summed E-state index contributed by atoms with van der Waals surface area (Å²) in [6.45, 7) is 0. The third kappa shape index (κ3) is 4.69. The molecule has 0 amide bonds. The van der Waals surface area contributed by atoms with Crippen molar-refractivity contribution >= 4 is 11.9 Å². The number of carboxylic acids is 2. The minimum Gasteiger partial charge on any atom is -0.478 e. The van der Waals surface area contributed by atoms with Gasteiger partial charge in [0.05, 0.1) is 11.1 Å². The molecule has 0 radical (unpaired) electrons. The lowest BCUT2D eigenvalue weighted by Gasteiger charge is -2.18. The zero-order valence-corrected chi connectivity index (χ0v) is 15.0. The third-order valence-corrected chi connectivity index (χ3v) is 3.89. The van der Waals surface area contributed by atoms with Gasteiger partial charge in [0.15, 0.2) is 0 Å². The molecule has 3 aromatic carbocycles. The Morgan fingerprint density at radius 3 is 1.47 bits per heavy atom. The van der Waals surface area contributed by atoms with E-state index in [9.17, 15) is 22.8 Å². The molecule has 0 saturated heterocycles. The van der Waals surface area contributed by atoms with Gasteiger partial charge in [-0.2, -0.15) is 13.2 Å². The van der Waals surface area contributed by atoms with Crippen LogP contribution in [0.3, 0.4) is 0 Å². The van der Waals surface area contributed by atoms with E-state index in [1.54, 1.807) is 0 Å².